The van der Waals surface area contributed by atoms with Gasteiger partial charge in [-0.1, -0.05) is 0 Å². The van der Waals surface area contributed by atoms with E-state index in [1.807, 2.05) is 28.8 Å². The van der Waals surface area contributed by atoms with Gasteiger partial charge in [-0.25, -0.2) is 13.2 Å². The lowest BCUT2D eigenvalue weighted by Crippen LogP contribution is -2.67. The van der Waals surface area contributed by atoms with E-state index in [0.717, 1.165) is 30.9 Å². The van der Waals surface area contributed by atoms with Gasteiger partial charge >= 0.3 is 0 Å². The Balaban J connectivity index is 1.71. The molecule has 1 fully saturated rings. The summed E-state index contributed by atoms with van der Waals surface area (Å²) in [5.41, 5.74) is -1.71. The highest BCUT2D eigenvalue weighted by Crippen LogP contribution is 2.31. The van der Waals surface area contributed by atoms with Crippen molar-refractivity contribution in [2.45, 2.75) is 12.0 Å². The average molecular weight is 565 g/mol. The molecule has 0 unspecified atom stereocenters. The zero-order valence-electron chi connectivity index (χ0n) is 16.9. The minimum absolute atomic E-state index is 0.0672. The van der Waals surface area contributed by atoms with Gasteiger partial charge in [-0.3, -0.25) is 4.79 Å². The number of rotatable bonds is 9. The van der Waals surface area contributed by atoms with Gasteiger partial charge in [-0.2, -0.15) is 11.8 Å². The van der Waals surface area contributed by atoms with E-state index in [2.05, 4.69) is 10.6 Å². The van der Waals surface area contributed by atoms with Crippen LogP contribution in [0.5, 0.6) is 0 Å². The van der Waals surface area contributed by atoms with Crippen LogP contribution in [0, 0.1) is 21.0 Å². The standard InChI is InChI=1S/C21H23F3IN3O2S/c1-31-8-2-7-26-10-21(30)11-28(12-21)20(29)14-4-5-15(22)18(24)19(14)27-17-6-3-13(25)9-16(17)23/h3-6,9,26-27,30H,2,7-8,10-12H2,1H3. The van der Waals surface area contributed by atoms with Gasteiger partial charge in [-0.15, -0.1) is 0 Å². The number of amides is 1. The molecule has 3 N–H and O–H groups in total. The van der Waals surface area contributed by atoms with Gasteiger partial charge in [0.25, 0.3) is 5.91 Å². The van der Waals surface area contributed by atoms with Crippen molar-refractivity contribution >= 4 is 51.6 Å². The Morgan fingerprint density at radius 1 is 1.23 bits per heavy atom. The largest absolute Gasteiger partial charge is 0.385 e. The summed E-state index contributed by atoms with van der Waals surface area (Å²) in [5, 5.41) is 16.2. The lowest BCUT2D eigenvalue weighted by atomic mass is 9.92. The van der Waals surface area contributed by atoms with Crippen LogP contribution in [0.4, 0.5) is 24.5 Å². The second-order valence-corrected chi connectivity index (χ2v) is 9.67. The Kier molecular flexibility index (Phi) is 8.11. The molecule has 168 valence electrons. The van der Waals surface area contributed by atoms with Crippen molar-refractivity contribution in [2.75, 3.05) is 43.5 Å². The second kappa shape index (κ2) is 10.4. The molecule has 31 heavy (non-hydrogen) atoms. The maximum absolute atomic E-state index is 14.5. The zero-order chi connectivity index (χ0) is 22.6. The first-order valence-electron chi connectivity index (χ1n) is 9.65. The molecule has 0 aromatic heterocycles. The number of carbonyl (C=O) groups excluding carboxylic acids is 1. The molecule has 1 aliphatic rings. The summed E-state index contributed by atoms with van der Waals surface area (Å²) >= 11 is 3.67. The van der Waals surface area contributed by atoms with E-state index in [9.17, 15) is 23.1 Å². The normalized spacial score (nSPS) is 15.0. The number of halogens is 4. The fraction of sp³-hybridized carbons (Fsp3) is 0.381. The predicted molar refractivity (Wildman–Crippen MR) is 125 cm³/mol. The first kappa shape index (κ1) is 24.1. The number of carbonyl (C=O) groups is 1. The van der Waals surface area contributed by atoms with E-state index in [1.54, 1.807) is 17.8 Å². The number of nitrogens with zero attached hydrogens (tertiary/aromatic N) is 1. The van der Waals surface area contributed by atoms with Crippen LogP contribution in [-0.2, 0) is 0 Å². The lowest BCUT2D eigenvalue weighted by Gasteiger charge is -2.46. The zero-order valence-corrected chi connectivity index (χ0v) is 19.8. The van der Waals surface area contributed by atoms with Gasteiger partial charge in [0.2, 0.25) is 0 Å². The summed E-state index contributed by atoms with van der Waals surface area (Å²) in [7, 11) is 0. The quantitative estimate of drug-likeness (QED) is 0.317. The number of aliphatic hydroxyl groups is 1. The van der Waals surface area contributed by atoms with Gasteiger partial charge in [0.1, 0.15) is 11.4 Å². The van der Waals surface area contributed by atoms with Crippen molar-refractivity contribution < 1.29 is 23.1 Å². The lowest BCUT2D eigenvalue weighted by molar-refractivity contribution is -0.0783. The highest BCUT2D eigenvalue weighted by molar-refractivity contribution is 14.1. The smallest absolute Gasteiger partial charge is 0.256 e. The monoisotopic (exact) mass is 565 g/mol. The summed E-state index contributed by atoms with van der Waals surface area (Å²) in [5.74, 6) is -2.63. The third-order valence-corrected chi connectivity index (χ3v) is 6.30. The highest BCUT2D eigenvalue weighted by Gasteiger charge is 2.44. The summed E-state index contributed by atoms with van der Waals surface area (Å²) in [6, 6.07) is 6.25. The number of benzene rings is 2. The molecule has 0 atom stereocenters. The molecule has 3 rings (SSSR count). The van der Waals surface area contributed by atoms with Crippen molar-refractivity contribution in [3.63, 3.8) is 0 Å². The number of nitrogens with one attached hydrogen (secondary N) is 2. The van der Waals surface area contributed by atoms with Crippen LogP contribution < -0.4 is 10.6 Å². The Morgan fingerprint density at radius 3 is 2.65 bits per heavy atom. The van der Waals surface area contributed by atoms with E-state index in [0.29, 0.717) is 10.1 Å². The molecule has 10 heteroatoms. The van der Waals surface area contributed by atoms with Gasteiger partial charge in [0.05, 0.1) is 30.0 Å². The summed E-state index contributed by atoms with van der Waals surface area (Å²) in [6.45, 7) is 1.23. The van der Waals surface area contributed by atoms with Crippen LogP contribution in [0.1, 0.15) is 16.8 Å². The van der Waals surface area contributed by atoms with E-state index in [-0.39, 0.29) is 24.3 Å². The molecule has 0 radical (unpaired) electrons. The number of thioether (sulfide) groups is 1. The van der Waals surface area contributed by atoms with Crippen molar-refractivity contribution in [1.29, 1.82) is 0 Å². The molecule has 2 aromatic carbocycles. The SMILES string of the molecule is CSCCCNCC1(O)CN(C(=O)c2ccc(F)c(F)c2Nc2ccc(I)cc2F)C1. The van der Waals surface area contributed by atoms with Crippen molar-refractivity contribution in [2.24, 2.45) is 0 Å². The number of β-amino-alcohol motifs (C(OH)–C–C–N with tert-alkyl or cyclic N) is 1. The first-order valence-corrected chi connectivity index (χ1v) is 12.1. The third-order valence-electron chi connectivity index (χ3n) is 4.93. The Bertz CT molecular complexity index is 958. The molecule has 0 spiro atoms. The van der Waals surface area contributed by atoms with Gasteiger partial charge in [0, 0.05) is 10.1 Å². The van der Waals surface area contributed by atoms with Crippen LogP contribution in [0.25, 0.3) is 0 Å². The van der Waals surface area contributed by atoms with Crippen molar-refractivity contribution in [1.82, 2.24) is 10.2 Å². The van der Waals surface area contributed by atoms with Crippen LogP contribution >= 0.6 is 34.4 Å². The summed E-state index contributed by atoms with van der Waals surface area (Å²) in [6.07, 6.45) is 3.00. The number of anilines is 2. The van der Waals surface area contributed by atoms with Crippen molar-refractivity contribution in [3.8, 4) is 0 Å². The van der Waals surface area contributed by atoms with Gasteiger partial charge < -0.3 is 20.6 Å². The molecule has 0 saturated carbocycles. The second-order valence-electron chi connectivity index (χ2n) is 7.44. The van der Waals surface area contributed by atoms with E-state index < -0.39 is 34.6 Å². The topological polar surface area (TPSA) is 64.6 Å². The molecule has 2 aromatic rings. The maximum Gasteiger partial charge on any atom is 0.256 e. The van der Waals surface area contributed by atoms with Crippen LogP contribution in [0.15, 0.2) is 30.3 Å². The number of hydrogen-bond donors (Lipinski definition) is 3. The van der Waals surface area contributed by atoms with Crippen LogP contribution in [0.3, 0.4) is 0 Å². The molecule has 0 bridgehead atoms. The minimum atomic E-state index is -1.27. The number of hydrogen-bond acceptors (Lipinski definition) is 5. The molecule has 0 aliphatic carbocycles. The van der Waals surface area contributed by atoms with E-state index >= 15 is 0 Å². The first-order chi connectivity index (χ1) is 14.7. The molecular formula is C21H23F3IN3O2S. The molecule has 1 aliphatic heterocycles. The minimum Gasteiger partial charge on any atom is -0.385 e. The van der Waals surface area contributed by atoms with Gasteiger partial charge in [-0.05, 0) is 77.9 Å². The maximum atomic E-state index is 14.5. The molecule has 1 amide bonds. The number of likely N-dealkylation sites (tertiary alicyclic amines) is 1. The van der Waals surface area contributed by atoms with Crippen molar-refractivity contribution in [3.05, 3.63) is 56.9 Å². The fourth-order valence-corrected chi connectivity index (χ4v) is 4.22. The van der Waals surface area contributed by atoms with Crippen LogP contribution in [-0.4, -0.2) is 59.7 Å². The molecular weight excluding hydrogens is 542 g/mol. The Hall–Kier alpha value is -1.50. The Morgan fingerprint density at radius 2 is 1.97 bits per heavy atom. The molecule has 1 heterocycles. The van der Waals surface area contributed by atoms with E-state index in [1.165, 1.54) is 17.0 Å². The molecule has 5 nitrogen and oxygen atoms in total. The predicted octanol–water partition coefficient (Wildman–Crippen LogP) is 3.98. The van der Waals surface area contributed by atoms with Gasteiger partial charge in [0.15, 0.2) is 11.6 Å². The van der Waals surface area contributed by atoms with E-state index in [4.69, 9.17) is 0 Å². The molecule has 1 saturated heterocycles. The summed E-state index contributed by atoms with van der Waals surface area (Å²) < 4.78 is 43.2. The summed E-state index contributed by atoms with van der Waals surface area (Å²) in [4.78, 5) is 14.3. The Labute approximate surface area is 196 Å². The fourth-order valence-electron chi connectivity index (χ4n) is 3.33. The highest BCUT2D eigenvalue weighted by atomic mass is 127. The average Bonchev–Trinajstić information content (AvgIpc) is 2.70. The third kappa shape index (κ3) is 5.85. The van der Waals surface area contributed by atoms with Crippen LogP contribution in [0.2, 0.25) is 0 Å².